The zero-order valence-electron chi connectivity index (χ0n) is 10.3. The molecular weight excluding hydrogens is 374 g/mol. The van der Waals surface area contributed by atoms with E-state index in [1.54, 1.807) is 13.2 Å². The van der Waals surface area contributed by atoms with Gasteiger partial charge in [0.15, 0.2) is 0 Å². The summed E-state index contributed by atoms with van der Waals surface area (Å²) in [7, 11) is 1.61. The van der Waals surface area contributed by atoms with E-state index >= 15 is 0 Å². The third-order valence-corrected chi connectivity index (χ3v) is 3.78. The quantitative estimate of drug-likeness (QED) is 0.793. The van der Waals surface area contributed by atoms with Crippen molar-refractivity contribution in [3.63, 3.8) is 0 Å². The molecule has 2 N–H and O–H groups in total. The predicted molar refractivity (Wildman–Crippen MR) is 83.6 cm³/mol. The summed E-state index contributed by atoms with van der Waals surface area (Å²) in [4.78, 5) is 0. The van der Waals surface area contributed by atoms with Crippen molar-refractivity contribution in [1.82, 2.24) is 0 Å². The smallest absolute Gasteiger partial charge is 0.148 e. The molecule has 2 aromatic carbocycles. The second kappa shape index (κ2) is 6.30. The van der Waals surface area contributed by atoms with Gasteiger partial charge >= 0.3 is 0 Å². The van der Waals surface area contributed by atoms with Crippen molar-refractivity contribution in [3.8, 4) is 11.5 Å². The molecule has 0 fully saturated rings. The molecule has 3 nitrogen and oxygen atoms in total. The molecule has 0 saturated heterocycles. The third kappa shape index (κ3) is 3.64. The molecule has 0 spiro atoms. The van der Waals surface area contributed by atoms with Crippen LogP contribution in [0.5, 0.6) is 11.5 Å². The van der Waals surface area contributed by atoms with Crippen molar-refractivity contribution in [2.24, 2.45) is 0 Å². The summed E-state index contributed by atoms with van der Waals surface area (Å²) in [5.74, 6) is 1.49. The van der Waals surface area contributed by atoms with Crippen LogP contribution in [0.4, 0.5) is 5.69 Å². The van der Waals surface area contributed by atoms with Crippen molar-refractivity contribution in [1.29, 1.82) is 0 Å². The molecule has 0 radical (unpaired) electrons. The summed E-state index contributed by atoms with van der Waals surface area (Å²) >= 11 is 6.92. The van der Waals surface area contributed by atoms with E-state index in [9.17, 15) is 0 Å². The van der Waals surface area contributed by atoms with Crippen molar-refractivity contribution in [2.45, 2.75) is 6.61 Å². The highest BCUT2D eigenvalue weighted by molar-refractivity contribution is 9.11. The van der Waals surface area contributed by atoms with Crippen LogP contribution in [0.1, 0.15) is 5.56 Å². The van der Waals surface area contributed by atoms with Gasteiger partial charge in [0.2, 0.25) is 0 Å². The molecule has 0 aromatic heterocycles. The fraction of sp³-hybridized carbons (Fsp3) is 0.143. The van der Waals surface area contributed by atoms with Crippen LogP contribution in [0.3, 0.4) is 0 Å². The van der Waals surface area contributed by atoms with Gasteiger partial charge in [0, 0.05) is 11.8 Å². The first-order valence-corrected chi connectivity index (χ1v) is 7.19. The van der Waals surface area contributed by atoms with Gasteiger partial charge in [-0.15, -0.1) is 0 Å². The molecule has 0 heterocycles. The zero-order chi connectivity index (χ0) is 13.8. The molecule has 2 rings (SSSR count). The maximum Gasteiger partial charge on any atom is 0.148 e. The monoisotopic (exact) mass is 385 g/mol. The number of nitrogens with two attached hydrogens (primary N) is 1. The van der Waals surface area contributed by atoms with E-state index in [1.165, 1.54) is 0 Å². The van der Waals surface area contributed by atoms with Crippen LogP contribution in [-0.4, -0.2) is 7.11 Å². The van der Waals surface area contributed by atoms with Crippen LogP contribution in [0.15, 0.2) is 45.3 Å². The molecule has 0 bridgehead atoms. The summed E-state index contributed by atoms with van der Waals surface area (Å²) in [6.45, 7) is 0.419. The second-order valence-corrected chi connectivity index (χ2v) is 5.66. The highest BCUT2D eigenvalue weighted by atomic mass is 79.9. The number of hydrogen-bond donors (Lipinski definition) is 1. The molecule has 100 valence electrons. The number of anilines is 1. The van der Waals surface area contributed by atoms with E-state index in [2.05, 4.69) is 31.9 Å². The molecule has 0 unspecified atom stereocenters. The third-order valence-electron chi connectivity index (χ3n) is 2.53. The normalized spacial score (nSPS) is 10.3. The second-order valence-electron chi connectivity index (χ2n) is 3.95. The standard InChI is InChI=1S/C14H13Br2NO2/c1-18-11-6-9(5-10(17)7-11)8-19-14-12(15)3-2-4-13(14)16/h2-7H,8,17H2,1H3. The molecule has 5 heteroatoms. The first-order chi connectivity index (χ1) is 9.10. The Bertz CT molecular complexity index is 567. The van der Waals surface area contributed by atoms with E-state index in [4.69, 9.17) is 15.2 Å². The summed E-state index contributed by atoms with van der Waals surface area (Å²) in [6.07, 6.45) is 0. The summed E-state index contributed by atoms with van der Waals surface area (Å²) in [6, 6.07) is 11.3. The van der Waals surface area contributed by atoms with E-state index < -0.39 is 0 Å². The number of rotatable bonds is 4. The predicted octanol–water partition coefficient (Wildman–Crippen LogP) is 4.38. The lowest BCUT2D eigenvalue weighted by atomic mass is 10.2. The molecule has 0 aliphatic carbocycles. The number of nitrogen functional groups attached to an aromatic ring is 1. The van der Waals surface area contributed by atoms with Gasteiger partial charge in [0.1, 0.15) is 18.1 Å². The summed E-state index contributed by atoms with van der Waals surface area (Å²) < 4.78 is 12.8. The Morgan fingerprint density at radius 1 is 1.11 bits per heavy atom. The molecule has 0 amide bonds. The first-order valence-electron chi connectivity index (χ1n) is 5.60. The van der Waals surface area contributed by atoms with E-state index in [-0.39, 0.29) is 0 Å². The fourth-order valence-electron chi connectivity index (χ4n) is 1.66. The van der Waals surface area contributed by atoms with Gasteiger partial charge in [-0.25, -0.2) is 0 Å². The van der Waals surface area contributed by atoms with Crippen LogP contribution >= 0.6 is 31.9 Å². The molecule has 0 aliphatic rings. The molecule has 0 saturated carbocycles. The minimum atomic E-state index is 0.419. The van der Waals surface area contributed by atoms with Crippen LogP contribution in [-0.2, 0) is 6.61 Å². The lowest BCUT2D eigenvalue weighted by Gasteiger charge is -2.11. The van der Waals surface area contributed by atoms with Gasteiger partial charge in [-0.05, 0) is 61.7 Å². The van der Waals surface area contributed by atoms with E-state index in [0.29, 0.717) is 12.3 Å². The van der Waals surface area contributed by atoms with Crippen LogP contribution < -0.4 is 15.2 Å². The Balaban J connectivity index is 2.16. The molecule has 19 heavy (non-hydrogen) atoms. The van der Waals surface area contributed by atoms with Gasteiger partial charge in [0.05, 0.1) is 16.1 Å². The molecule has 0 aliphatic heterocycles. The number of methoxy groups -OCH3 is 1. The lowest BCUT2D eigenvalue weighted by Crippen LogP contribution is -1.99. The number of para-hydroxylation sites is 1. The van der Waals surface area contributed by atoms with Gasteiger partial charge < -0.3 is 15.2 Å². The molecular formula is C14H13Br2NO2. The van der Waals surface area contributed by atoms with Crippen LogP contribution in [0, 0.1) is 0 Å². The van der Waals surface area contributed by atoms with Gasteiger partial charge in [-0.1, -0.05) is 6.07 Å². The SMILES string of the molecule is COc1cc(N)cc(COc2c(Br)cccc2Br)c1. The van der Waals surface area contributed by atoms with Crippen molar-refractivity contribution in [3.05, 3.63) is 50.9 Å². The minimum Gasteiger partial charge on any atom is -0.497 e. The number of halogens is 2. The van der Waals surface area contributed by atoms with Crippen molar-refractivity contribution < 1.29 is 9.47 Å². The van der Waals surface area contributed by atoms with Crippen LogP contribution in [0.2, 0.25) is 0 Å². The summed E-state index contributed by atoms with van der Waals surface area (Å²) in [5, 5.41) is 0. The average Bonchev–Trinajstić information content (AvgIpc) is 2.37. The molecule has 0 atom stereocenters. The Hall–Kier alpha value is -1.20. The topological polar surface area (TPSA) is 44.5 Å². The Labute approximate surface area is 129 Å². The Kier molecular flexibility index (Phi) is 4.71. The van der Waals surface area contributed by atoms with Gasteiger partial charge in [-0.2, -0.15) is 0 Å². The molecule has 2 aromatic rings. The zero-order valence-corrected chi connectivity index (χ0v) is 13.5. The Morgan fingerprint density at radius 2 is 1.79 bits per heavy atom. The Morgan fingerprint density at radius 3 is 2.42 bits per heavy atom. The fourth-order valence-corrected chi connectivity index (χ4v) is 2.89. The first kappa shape index (κ1) is 14.2. The van der Waals surface area contributed by atoms with Crippen molar-refractivity contribution in [2.75, 3.05) is 12.8 Å². The highest BCUT2D eigenvalue weighted by Crippen LogP contribution is 2.33. The number of hydrogen-bond acceptors (Lipinski definition) is 3. The summed E-state index contributed by atoms with van der Waals surface area (Å²) in [5.41, 5.74) is 7.42. The van der Waals surface area contributed by atoms with Gasteiger partial charge in [-0.3, -0.25) is 0 Å². The average molecular weight is 387 g/mol. The van der Waals surface area contributed by atoms with E-state index in [1.807, 2.05) is 30.3 Å². The minimum absolute atomic E-state index is 0.419. The highest BCUT2D eigenvalue weighted by Gasteiger charge is 2.07. The van der Waals surface area contributed by atoms with Crippen LogP contribution in [0.25, 0.3) is 0 Å². The lowest BCUT2D eigenvalue weighted by molar-refractivity contribution is 0.301. The number of benzene rings is 2. The number of ether oxygens (including phenoxy) is 2. The van der Waals surface area contributed by atoms with E-state index in [0.717, 1.165) is 26.0 Å². The van der Waals surface area contributed by atoms with Crippen molar-refractivity contribution >= 4 is 37.5 Å². The maximum atomic E-state index is 5.81. The maximum absolute atomic E-state index is 5.81. The van der Waals surface area contributed by atoms with Gasteiger partial charge in [0.25, 0.3) is 0 Å². The largest absolute Gasteiger partial charge is 0.497 e.